The number of aliphatic hydroxyl groups is 1. The van der Waals surface area contributed by atoms with Gasteiger partial charge in [0.25, 0.3) is 5.19 Å². The molecular weight excluding hydrogens is 466 g/mol. The van der Waals surface area contributed by atoms with Crippen molar-refractivity contribution in [2.45, 2.75) is 18.1 Å². The van der Waals surface area contributed by atoms with Gasteiger partial charge in [0.15, 0.2) is 5.60 Å². The van der Waals surface area contributed by atoms with E-state index in [1.165, 1.54) is 6.20 Å². The molecule has 33 heavy (non-hydrogen) atoms. The van der Waals surface area contributed by atoms with Crippen LogP contribution in [0.4, 0.5) is 17.6 Å². The van der Waals surface area contributed by atoms with Crippen molar-refractivity contribution >= 4 is 11.3 Å². The van der Waals surface area contributed by atoms with Crippen LogP contribution in [0.5, 0.6) is 10.9 Å². The lowest BCUT2D eigenvalue weighted by Crippen LogP contribution is -2.48. The molecule has 3 heterocycles. The second-order valence-electron chi connectivity index (χ2n) is 6.65. The van der Waals surface area contributed by atoms with Gasteiger partial charge in [-0.15, -0.1) is 5.10 Å². The molecule has 0 amide bonds. The van der Waals surface area contributed by atoms with Crippen LogP contribution in [0.3, 0.4) is 0 Å². The summed E-state index contributed by atoms with van der Waals surface area (Å²) in [6.07, 6.45) is 3.19. The molecular formula is C19H11F4N7O2S. The first-order valence-electron chi connectivity index (χ1n) is 9.00. The Morgan fingerprint density at radius 3 is 2.58 bits per heavy atom. The van der Waals surface area contributed by atoms with Crippen LogP contribution < -0.4 is 4.74 Å². The lowest BCUT2D eigenvalue weighted by Gasteiger charge is -2.35. The van der Waals surface area contributed by atoms with E-state index in [1.54, 1.807) is 0 Å². The summed E-state index contributed by atoms with van der Waals surface area (Å²) >= 11 is 0.940. The zero-order valence-electron chi connectivity index (χ0n) is 16.2. The van der Waals surface area contributed by atoms with Crippen molar-refractivity contribution in [2.75, 3.05) is 0 Å². The van der Waals surface area contributed by atoms with Crippen molar-refractivity contribution in [1.82, 2.24) is 30.2 Å². The van der Waals surface area contributed by atoms with Gasteiger partial charge in [-0.05, 0) is 34.7 Å². The Bertz CT molecular complexity index is 1310. The van der Waals surface area contributed by atoms with Gasteiger partial charge in [-0.2, -0.15) is 14.0 Å². The fourth-order valence-corrected chi connectivity index (χ4v) is 3.54. The molecule has 1 aromatic carbocycles. The number of thiazole rings is 1. The third-order valence-electron chi connectivity index (χ3n) is 4.54. The molecule has 0 fully saturated rings. The maximum absolute atomic E-state index is 15.6. The molecule has 1 unspecified atom stereocenters. The molecule has 0 saturated heterocycles. The highest BCUT2D eigenvalue weighted by Gasteiger charge is 2.58. The van der Waals surface area contributed by atoms with Crippen LogP contribution in [0, 0.1) is 23.0 Å². The van der Waals surface area contributed by atoms with Crippen molar-refractivity contribution in [3.05, 3.63) is 76.8 Å². The smallest absolute Gasteiger partial charge is 0.323 e. The molecule has 168 valence electrons. The van der Waals surface area contributed by atoms with Crippen molar-refractivity contribution in [2.24, 2.45) is 0 Å². The Labute approximate surface area is 186 Å². The molecule has 4 rings (SSSR count). The molecule has 0 spiro atoms. The summed E-state index contributed by atoms with van der Waals surface area (Å²) in [7, 11) is 0. The van der Waals surface area contributed by atoms with Crippen molar-refractivity contribution in [1.29, 1.82) is 5.26 Å². The second kappa shape index (κ2) is 8.52. The fourth-order valence-electron chi connectivity index (χ4n) is 2.96. The molecule has 0 radical (unpaired) electrons. The number of hydrogen-bond donors (Lipinski definition) is 1. The Balaban J connectivity index is 1.70. The molecule has 4 aromatic rings. The lowest BCUT2D eigenvalue weighted by molar-refractivity contribution is -0.207. The van der Waals surface area contributed by atoms with Gasteiger partial charge >= 0.3 is 5.92 Å². The first-order chi connectivity index (χ1) is 15.7. The zero-order valence-corrected chi connectivity index (χ0v) is 17.0. The average molecular weight is 477 g/mol. The summed E-state index contributed by atoms with van der Waals surface area (Å²) in [5.74, 6) is -6.55. The van der Waals surface area contributed by atoms with Crippen molar-refractivity contribution in [3.63, 3.8) is 0 Å². The molecule has 1 atom stereocenters. The van der Waals surface area contributed by atoms with E-state index in [2.05, 4.69) is 25.5 Å². The van der Waals surface area contributed by atoms with Gasteiger partial charge in [-0.25, -0.2) is 18.4 Å². The van der Waals surface area contributed by atoms with E-state index in [0.717, 1.165) is 52.8 Å². The van der Waals surface area contributed by atoms with Crippen LogP contribution >= 0.6 is 11.3 Å². The van der Waals surface area contributed by atoms with E-state index >= 15 is 8.78 Å². The van der Waals surface area contributed by atoms with E-state index in [0.29, 0.717) is 6.07 Å². The summed E-state index contributed by atoms with van der Waals surface area (Å²) in [6.45, 7) is -0.967. The molecule has 9 nitrogen and oxygen atoms in total. The Kier molecular flexibility index (Phi) is 5.75. The Morgan fingerprint density at radius 1 is 1.15 bits per heavy atom. The summed E-state index contributed by atoms with van der Waals surface area (Å²) in [4.78, 5) is 7.80. The summed E-state index contributed by atoms with van der Waals surface area (Å²) in [5.41, 5.74) is -5.05. The molecule has 0 bridgehead atoms. The monoisotopic (exact) mass is 477 g/mol. The van der Waals surface area contributed by atoms with E-state index in [-0.39, 0.29) is 15.8 Å². The van der Waals surface area contributed by atoms with E-state index < -0.39 is 41.0 Å². The molecule has 1 N–H and O–H groups in total. The number of aromatic nitrogens is 6. The number of nitrogens with zero attached hydrogens (tertiary/aromatic N) is 7. The van der Waals surface area contributed by atoms with Gasteiger partial charge in [-0.1, -0.05) is 11.3 Å². The summed E-state index contributed by atoms with van der Waals surface area (Å²) in [6, 6.07) is 5.74. The Hall–Kier alpha value is -3.96. The number of hydrogen-bond acceptors (Lipinski definition) is 9. The number of ether oxygens (including phenoxy) is 1. The van der Waals surface area contributed by atoms with Gasteiger partial charge in [0.05, 0.1) is 18.9 Å². The number of benzene rings is 1. The topological polar surface area (TPSA) is 123 Å². The van der Waals surface area contributed by atoms with Crippen LogP contribution in [-0.4, -0.2) is 35.3 Å². The van der Waals surface area contributed by atoms with Gasteiger partial charge in [0.1, 0.15) is 40.4 Å². The van der Waals surface area contributed by atoms with Crippen LogP contribution in [0.2, 0.25) is 0 Å². The molecule has 0 aliphatic rings. The highest BCUT2D eigenvalue weighted by molar-refractivity contribution is 7.13. The number of tetrazole rings is 1. The number of nitriles is 1. The maximum Gasteiger partial charge on any atom is 0.323 e. The minimum Gasteiger partial charge on any atom is -0.429 e. The van der Waals surface area contributed by atoms with Crippen LogP contribution in [0.25, 0.3) is 0 Å². The van der Waals surface area contributed by atoms with Gasteiger partial charge in [0.2, 0.25) is 0 Å². The van der Waals surface area contributed by atoms with Gasteiger partial charge in [-0.3, -0.25) is 4.98 Å². The molecule has 14 heteroatoms. The first-order valence-corrected chi connectivity index (χ1v) is 9.81. The predicted octanol–water partition coefficient (Wildman–Crippen LogP) is 3.15. The average Bonchev–Trinajstić information content (AvgIpc) is 3.45. The fraction of sp³-hybridized carbons (Fsp3) is 0.158. The third kappa shape index (κ3) is 4.23. The predicted molar refractivity (Wildman–Crippen MR) is 103 cm³/mol. The van der Waals surface area contributed by atoms with Crippen LogP contribution in [0.15, 0.2) is 49.1 Å². The van der Waals surface area contributed by atoms with Crippen LogP contribution in [0.1, 0.15) is 16.1 Å². The second-order valence-corrected chi connectivity index (χ2v) is 7.64. The number of halogens is 4. The highest BCUT2D eigenvalue weighted by atomic mass is 32.1. The SMILES string of the molecule is N#Cc1cnc(Oc2ccc(C(F)(F)C(O)(Cn3cnnn3)c3ccc(F)cc3F)nc2)s1. The van der Waals surface area contributed by atoms with E-state index in [1.807, 2.05) is 6.07 Å². The number of pyridine rings is 1. The standard InChI is InChI=1S/C19H11F4N7O2S/c20-11-1-3-14(15(21)5-11)18(31,9-30-10-27-28-29-30)19(22,23)16-4-2-12(7-25-16)32-17-26-8-13(6-24)33-17/h1-5,7-8,10,31H,9H2. The quantitative estimate of drug-likeness (QED) is 0.403. The molecule has 3 aromatic heterocycles. The summed E-state index contributed by atoms with van der Waals surface area (Å²) < 4.78 is 65.3. The molecule has 0 aliphatic heterocycles. The van der Waals surface area contributed by atoms with Crippen LogP contribution in [-0.2, 0) is 18.1 Å². The van der Waals surface area contributed by atoms with Gasteiger partial charge < -0.3 is 9.84 Å². The first kappa shape index (κ1) is 22.2. The Morgan fingerprint density at radius 2 is 1.97 bits per heavy atom. The summed E-state index contributed by atoms with van der Waals surface area (Å²) in [5, 5.41) is 30.1. The van der Waals surface area contributed by atoms with E-state index in [4.69, 9.17) is 10.00 Å². The molecule has 0 saturated carbocycles. The van der Waals surface area contributed by atoms with E-state index in [9.17, 15) is 13.9 Å². The molecule has 0 aliphatic carbocycles. The highest BCUT2D eigenvalue weighted by Crippen LogP contribution is 2.47. The zero-order chi connectivity index (χ0) is 23.6. The maximum atomic E-state index is 15.6. The number of alkyl halides is 2. The minimum absolute atomic E-state index is 0.0327. The lowest BCUT2D eigenvalue weighted by atomic mass is 9.84. The van der Waals surface area contributed by atoms with Crippen molar-refractivity contribution in [3.8, 4) is 17.0 Å². The largest absolute Gasteiger partial charge is 0.429 e. The van der Waals surface area contributed by atoms with Crippen molar-refractivity contribution < 1.29 is 27.4 Å². The number of rotatable bonds is 7. The third-order valence-corrected chi connectivity index (χ3v) is 5.32. The minimum atomic E-state index is -4.19. The van der Waals surface area contributed by atoms with Gasteiger partial charge in [0, 0.05) is 11.6 Å². The normalized spacial score (nSPS) is 13.3.